The van der Waals surface area contributed by atoms with Gasteiger partial charge in [-0.15, -0.1) is 0 Å². The second-order valence-electron chi connectivity index (χ2n) is 6.38. The largest absolute Gasteiger partial charge is 0.441 e. The molecule has 0 unspecified atom stereocenters. The minimum Gasteiger partial charge on any atom is -0.441 e. The fraction of sp³-hybridized carbons (Fsp3) is 0.0909. The lowest BCUT2D eigenvalue weighted by Crippen LogP contribution is -2.13. The molecule has 0 fully saturated rings. The van der Waals surface area contributed by atoms with Gasteiger partial charge in [0.2, 0.25) is 0 Å². The molecule has 5 heteroatoms. The SMILES string of the molecule is Cc1nc2cc(C)c(-c3ccc(NC(=O)c4ccccc4F)cc3)cc2o1. The lowest BCUT2D eigenvalue weighted by atomic mass is 10.00. The number of hydrogen-bond donors (Lipinski definition) is 1. The number of aryl methyl sites for hydroxylation is 2. The molecule has 0 atom stereocenters. The molecule has 1 N–H and O–H groups in total. The summed E-state index contributed by atoms with van der Waals surface area (Å²) in [5.74, 6) is -0.388. The van der Waals surface area contributed by atoms with Crippen molar-refractivity contribution in [2.75, 3.05) is 5.32 Å². The topological polar surface area (TPSA) is 55.1 Å². The summed E-state index contributed by atoms with van der Waals surface area (Å²) in [5, 5.41) is 2.72. The number of benzene rings is 3. The summed E-state index contributed by atoms with van der Waals surface area (Å²) < 4.78 is 19.3. The standard InChI is InChI=1S/C22H17FN2O2/c1-13-11-20-21(27-14(2)24-20)12-18(13)15-7-9-16(10-8-15)25-22(26)17-5-3-4-6-19(17)23/h3-12H,1-2H3,(H,25,26). The van der Waals surface area contributed by atoms with Crippen molar-refractivity contribution in [3.63, 3.8) is 0 Å². The van der Waals surface area contributed by atoms with Gasteiger partial charge in [-0.1, -0.05) is 24.3 Å². The highest BCUT2D eigenvalue weighted by Crippen LogP contribution is 2.29. The summed E-state index contributed by atoms with van der Waals surface area (Å²) in [7, 11) is 0. The summed E-state index contributed by atoms with van der Waals surface area (Å²) >= 11 is 0. The highest BCUT2D eigenvalue weighted by Gasteiger charge is 2.12. The van der Waals surface area contributed by atoms with Crippen LogP contribution in [0.1, 0.15) is 21.8 Å². The van der Waals surface area contributed by atoms with E-state index in [0.717, 1.165) is 27.8 Å². The minimum absolute atomic E-state index is 0.0172. The Morgan fingerprint density at radius 2 is 1.78 bits per heavy atom. The van der Waals surface area contributed by atoms with Gasteiger partial charge in [-0.25, -0.2) is 9.37 Å². The molecular weight excluding hydrogens is 343 g/mol. The molecule has 0 aliphatic carbocycles. The number of hydrogen-bond acceptors (Lipinski definition) is 3. The summed E-state index contributed by atoms with van der Waals surface area (Å²) in [4.78, 5) is 16.6. The Bertz CT molecular complexity index is 1150. The summed E-state index contributed by atoms with van der Waals surface area (Å²) in [6, 6.07) is 17.3. The Balaban J connectivity index is 1.60. The van der Waals surface area contributed by atoms with Crippen LogP contribution in [0.15, 0.2) is 65.1 Å². The molecule has 0 spiro atoms. The maximum absolute atomic E-state index is 13.7. The smallest absolute Gasteiger partial charge is 0.258 e. The van der Waals surface area contributed by atoms with Gasteiger partial charge in [0, 0.05) is 12.6 Å². The average molecular weight is 360 g/mol. The predicted octanol–water partition coefficient (Wildman–Crippen LogP) is 5.50. The Kier molecular flexibility index (Phi) is 4.20. The van der Waals surface area contributed by atoms with Crippen molar-refractivity contribution < 1.29 is 13.6 Å². The van der Waals surface area contributed by atoms with Crippen molar-refractivity contribution in [2.45, 2.75) is 13.8 Å². The molecule has 0 saturated carbocycles. The molecule has 134 valence electrons. The molecule has 0 aliphatic rings. The number of halogens is 1. The first-order chi connectivity index (χ1) is 13.0. The zero-order chi connectivity index (χ0) is 19.0. The molecular formula is C22H17FN2O2. The fourth-order valence-corrected chi connectivity index (χ4v) is 3.08. The lowest BCUT2D eigenvalue weighted by molar-refractivity contribution is 0.102. The van der Waals surface area contributed by atoms with E-state index in [0.29, 0.717) is 11.6 Å². The Morgan fingerprint density at radius 1 is 1.04 bits per heavy atom. The third-order valence-electron chi connectivity index (χ3n) is 4.41. The predicted molar refractivity (Wildman–Crippen MR) is 103 cm³/mol. The van der Waals surface area contributed by atoms with Crippen molar-refractivity contribution in [1.82, 2.24) is 4.98 Å². The van der Waals surface area contributed by atoms with Crippen LogP contribution in [-0.4, -0.2) is 10.9 Å². The number of amides is 1. The van der Waals surface area contributed by atoms with Crippen molar-refractivity contribution in [1.29, 1.82) is 0 Å². The van der Waals surface area contributed by atoms with Crippen molar-refractivity contribution in [3.05, 3.63) is 83.5 Å². The monoisotopic (exact) mass is 360 g/mol. The third kappa shape index (κ3) is 3.31. The van der Waals surface area contributed by atoms with E-state index in [9.17, 15) is 9.18 Å². The average Bonchev–Trinajstić information content (AvgIpc) is 3.01. The van der Waals surface area contributed by atoms with E-state index >= 15 is 0 Å². The van der Waals surface area contributed by atoms with Crippen molar-refractivity contribution in [2.24, 2.45) is 0 Å². The highest BCUT2D eigenvalue weighted by molar-refractivity contribution is 6.04. The molecule has 3 aromatic carbocycles. The zero-order valence-corrected chi connectivity index (χ0v) is 14.9. The van der Waals surface area contributed by atoms with Crippen LogP contribution in [0.2, 0.25) is 0 Å². The van der Waals surface area contributed by atoms with Crippen LogP contribution >= 0.6 is 0 Å². The van der Waals surface area contributed by atoms with Crippen LogP contribution in [0, 0.1) is 19.7 Å². The Labute approximate surface area is 155 Å². The number of nitrogens with one attached hydrogen (secondary N) is 1. The molecule has 0 saturated heterocycles. The maximum atomic E-state index is 13.7. The Morgan fingerprint density at radius 3 is 2.52 bits per heavy atom. The number of oxazole rings is 1. The van der Waals surface area contributed by atoms with E-state index in [1.54, 1.807) is 24.3 Å². The van der Waals surface area contributed by atoms with Crippen molar-refractivity contribution in [3.8, 4) is 11.1 Å². The molecule has 27 heavy (non-hydrogen) atoms. The highest BCUT2D eigenvalue weighted by atomic mass is 19.1. The normalized spacial score (nSPS) is 10.9. The lowest BCUT2D eigenvalue weighted by Gasteiger charge is -2.09. The molecule has 0 radical (unpaired) electrons. The van der Waals surface area contributed by atoms with Gasteiger partial charge in [0.25, 0.3) is 5.91 Å². The molecule has 1 aromatic heterocycles. The third-order valence-corrected chi connectivity index (χ3v) is 4.41. The minimum atomic E-state index is -0.544. The van der Waals surface area contributed by atoms with Crippen LogP contribution < -0.4 is 5.32 Å². The van der Waals surface area contributed by atoms with E-state index in [2.05, 4.69) is 10.3 Å². The van der Waals surface area contributed by atoms with Gasteiger partial charge in [0.15, 0.2) is 11.5 Å². The second-order valence-corrected chi connectivity index (χ2v) is 6.38. The number of anilines is 1. The first-order valence-electron chi connectivity index (χ1n) is 8.55. The molecule has 4 nitrogen and oxygen atoms in total. The van der Waals surface area contributed by atoms with E-state index in [-0.39, 0.29) is 5.56 Å². The fourth-order valence-electron chi connectivity index (χ4n) is 3.08. The Hall–Kier alpha value is -3.47. The number of fused-ring (bicyclic) bond motifs is 1. The molecule has 1 amide bonds. The summed E-state index contributed by atoms with van der Waals surface area (Å²) in [6.07, 6.45) is 0. The van der Waals surface area contributed by atoms with Crippen LogP contribution in [0.4, 0.5) is 10.1 Å². The first kappa shape index (κ1) is 17.0. The molecule has 0 aliphatic heterocycles. The van der Waals surface area contributed by atoms with Crippen LogP contribution in [0.5, 0.6) is 0 Å². The van der Waals surface area contributed by atoms with E-state index in [4.69, 9.17) is 4.42 Å². The summed E-state index contributed by atoms with van der Waals surface area (Å²) in [5.41, 5.74) is 5.30. The van der Waals surface area contributed by atoms with Crippen LogP contribution in [0.25, 0.3) is 22.2 Å². The number of carbonyl (C=O) groups excluding carboxylic acids is 1. The van der Waals surface area contributed by atoms with Crippen LogP contribution in [0.3, 0.4) is 0 Å². The van der Waals surface area contributed by atoms with Crippen LogP contribution in [-0.2, 0) is 0 Å². The number of nitrogens with zero attached hydrogens (tertiary/aromatic N) is 1. The number of rotatable bonds is 3. The van der Waals surface area contributed by atoms with E-state index < -0.39 is 11.7 Å². The number of carbonyl (C=O) groups is 1. The van der Waals surface area contributed by atoms with Crippen molar-refractivity contribution >= 4 is 22.7 Å². The quantitative estimate of drug-likeness (QED) is 0.525. The van der Waals surface area contributed by atoms with Gasteiger partial charge in [0.1, 0.15) is 11.3 Å². The van der Waals surface area contributed by atoms with Gasteiger partial charge in [-0.2, -0.15) is 0 Å². The maximum Gasteiger partial charge on any atom is 0.258 e. The summed E-state index contributed by atoms with van der Waals surface area (Å²) in [6.45, 7) is 3.84. The van der Waals surface area contributed by atoms with Gasteiger partial charge < -0.3 is 9.73 Å². The van der Waals surface area contributed by atoms with Gasteiger partial charge in [0.05, 0.1) is 5.56 Å². The van der Waals surface area contributed by atoms with Gasteiger partial charge >= 0.3 is 0 Å². The van der Waals surface area contributed by atoms with E-state index in [1.807, 2.05) is 38.1 Å². The van der Waals surface area contributed by atoms with E-state index in [1.165, 1.54) is 12.1 Å². The molecule has 4 rings (SSSR count). The van der Waals surface area contributed by atoms with Gasteiger partial charge in [-0.05, 0) is 60.0 Å². The second kappa shape index (κ2) is 6.68. The molecule has 4 aromatic rings. The molecule has 0 bridgehead atoms. The zero-order valence-electron chi connectivity index (χ0n) is 14.9. The number of aromatic nitrogens is 1. The van der Waals surface area contributed by atoms with Gasteiger partial charge in [-0.3, -0.25) is 4.79 Å². The first-order valence-corrected chi connectivity index (χ1v) is 8.55. The molecule has 1 heterocycles.